The number of nitrogens with zero attached hydrogens (tertiary/aromatic N) is 1. The third kappa shape index (κ3) is 2.78. The average Bonchev–Trinajstić information content (AvgIpc) is 2.68. The fraction of sp³-hybridized carbons (Fsp3) is 0.111. The van der Waals surface area contributed by atoms with Crippen molar-refractivity contribution >= 4 is 54.2 Å². The van der Waals surface area contributed by atoms with E-state index in [2.05, 4.69) is 10.3 Å². The fourth-order valence-corrected chi connectivity index (χ4v) is 2.89. The maximum atomic E-state index is 11.2. The van der Waals surface area contributed by atoms with Gasteiger partial charge in [0.25, 0.3) is 0 Å². The van der Waals surface area contributed by atoms with Crippen molar-refractivity contribution in [2.75, 3.05) is 11.2 Å². The lowest BCUT2D eigenvalue weighted by molar-refractivity contribution is -0.113. The molecule has 3 N–H and O–H groups in total. The Kier molecular flexibility index (Phi) is 3.53. The molecule has 0 fully saturated rings. The third-order valence-corrected chi connectivity index (χ3v) is 4.14. The van der Waals surface area contributed by atoms with Crippen molar-refractivity contribution in [1.29, 1.82) is 0 Å². The molecule has 6 nitrogen and oxygen atoms in total. The summed E-state index contributed by atoms with van der Waals surface area (Å²) >= 11 is 6.50. The van der Waals surface area contributed by atoms with Crippen molar-refractivity contribution in [2.45, 2.75) is 4.90 Å². The number of aromatic nitrogens is 1. The van der Waals surface area contributed by atoms with Crippen LogP contribution in [0.1, 0.15) is 0 Å². The van der Waals surface area contributed by atoms with Gasteiger partial charge in [-0.1, -0.05) is 11.3 Å². The minimum Gasteiger partial charge on any atom is -0.301 e. The molecule has 18 heavy (non-hydrogen) atoms. The van der Waals surface area contributed by atoms with Crippen LogP contribution in [0.5, 0.6) is 0 Å². The van der Waals surface area contributed by atoms with Crippen LogP contribution in [0, 0.1) is 0 Å². The number of carbonyl (C=O) groups excluding carboxylic acids is 1. The largest absolute Gasteiger partial charge is 0.301 e. The smallest absolute Gasteiger partial charge is 0.241 e. The van der Waals surface area contributed by atoms with E-state index < -0.39 is 10.0 Å². The molecular formula is C9H8ClN3O3S2. The van der Waals surface area contributed by atoms with Gasteiger partial charge in [-0.05, 0) is 18.2 Å². The van der Waals surface area contributed by atoms with Crippen LogP contribution in [-0.4, -0.2) is 25.2 Å². The number of benzene rings is 1. The zero-order valence-electron chi connectivity index (χ0n) is 8.88. The van der Waals surface area contributed by atoms with E-state index in [9.17, 15) is 13.2 Å². The predicted octanol–water partition coefficient (Wildman–Crippen LogP) is 1.12. The Bertz CT molecular complexity index is 711. The van der Waals surface area contributed by atoms with Gasteiger partial charge >= 0.3 is 0 Å². The summed E-state index contributed by atoms with van der Waals surface area (Å²) in [5, 5.41) is 7.88. The number of alkyl halides is 1. The van der Waals surface area contributed by atoms with Crippen LogP contribution in [-0.2, 0) is 14.8 Å². The van der Waals surface area contributed by atoms with Gasteiger partial charge < -0.3 is 5.32 Å². The van der Waals surface area contributed by atoms with Crippen molar-refractivity contribution < 1.29 is 13.2 Å². The Morgan fingerprint density at radius 1 is 1.50 bits per heavy atom. The van der Waals surface area contributed by atoms with Gasteiger partial charge in [0, 0.05) is 0 Å². The molecule has 2 rings (SSSR count). The van der Waals surface area contributed by atoms with Gasteiger partial charge in [-0.2, -0.15) is 0 Å². The Balaban J connectivity index is 2.43. The molecular weight excluding hydrogens is 298 g/mol. The summed E-state index contributed by atoms with van der Waals surface area (Å²) in [5.41, 5.74) is 0.581. The molecule has 0 saturated carbocycles. The first-order valence-electron chi connectivity index (χ1n) is 4.69. The highest BCUT2D eigenvalue weighted by Crippen LogP contribution is 2.27. The Hall–Kier alpha value is -1.22. The number of nitrogens with two attached hydrogens (primary N) is 1. The summed E-state index contributed by atoms with van der Waals surface area (Å²) in [4.78, 5) is 15.2. The second-order valence-electron chi connectivity index (χ2n) is 3.38. The number of primary sulfonamides is 1. The number of hydrogen-bond donors (Lipinski definition) is 2. The summed E-state index contributed by atoms with van der Waals surface area (Å²) in [6, 6.07) is 4.31. The van der Waals surface area contributed by atoms with E-state index in [1.807, 2.05) is 0 Å². The minimum absolute atomic E-state index is 0.00821. The van der Waals surface area contributed by atoms with Gasteiger partial charge in [-0.15, -0.1) is 11.6 Å². The second kappa shape index (κ2) is 4.81. The molecule has 0 unspecified atom stereocenters. The minimum atomic E-state index is -3.74. The van der Waals surface area contributed by atoms with Gasteiger partial charge in [0.15, 0.2) is 5.13 Å². The topological polar surface area (TPSA) is 102 Å². The van der Waals surface area contributed by atoms with Crippen LogP contribution in [0.3, 0.4) is 0 Å². The van der Waals surface area contributed by atoms with Gasteiger partial charge in [0.2, 0.25) is 15.9 Å². The second-order valence-corrected chi connectivity index (χ2v) is 6.23. The Morgan fingerprint density at radius 3 is 2.83 bits per heavy atom. The van der Waals surface area contributed by atoms with Gasteiger partial charge in [0.1, 0.15) is 5.88 Å². The number of hydrogen-bond acceptors (Lipinski definition) is 5. The summed E-state index contributed by atoms with van der Waals surface area (Å²) in [5.74, 6) is -0.541. The van der Waals surface area contributed by atoms with Gasteiger partial charge in [0.05, 0.1) is 15.1 Å². The summed E-state index contributed by atoms with van der Waals surface area (Å²) in [6.07, 6.45) is 0. The summed E-state index contributed by atoms with van der Waals surface area (Å²) < 4.78 is 23.0. The van der Waals surface area contributed by atoms with E-state index in [0.717, 1.165) is 11.3 Å². The molecule has 0 saturated heterocycles. The summed E-state index contributed by atoms with van der Waals surface area (Å²) in [7, 11) is -3.74. The number of fused-ring (bicyclic) bond motifs is 1. The lowest BCUT2D eigenvalue weighted by atomic mass is 10.3. The predicted molar refractivity (Wildman–Crippen MR) is 70.3 cm³/mol. The number of anilines is 1. The molecule has 96 valence electrons. The first kappa shape index (κ1) is 13.2. The lowest BCUT2D eigenvalue weighted by Crippen LogP contribution is -2.11. The molecule has 0 radical (unpaired) electrons. The number of amides is 1. The van der Waals surface area contributed by atoms with Gasteiger partial charge in [-0.25, -0.2) is 18.5 Å². The Labute approximate surface area is 112 Å². The molecule has 0 atom stereocenters. The Morgan fingerprint density at radius 2 is 2.22 bits per heavy atom. The highest BCUT2D eigenvalue weighted by Gasteiger charge is 2.12. The SMILES string of the molecule is NS(=O)(=O)c1ccc2nc(NC(=O)CCl)sc2c1. The van der Waals surface area contributed by atoms with E-state index in [4.69, 9.17) is 16.7 Å². The highest BCUT2D eigenvalue weighted by atomic mass is 35.5. The number of halogens is 1. The van der Waals surface area contributed by atoms with E-state index in [1.54, 1.807) is 0 Å². The van der Waals surface area contributed by atoms with E-state index in [-0.39, 0.29) is 16.7 Å². The first-order valence-corrected chi connectivity index (χ1v) is 7.59. The quantitative estimate of drug-likeness (QED) is 0.829. The number of carbonyl (C=O) groups is 1. The zero-order chi connectivity index (χ0) is 13.3. The third-order valence-electron chi connectivity index (χ3n) is 2.06. The van der Waals surface area contributed by atoms with E-state index >= 15 is 0 Å². The van der Waals surface area contributed by atoms with Crippen LogP contribution >= 0.6 is 22.9 Å². The van der Waals surface area contributed by atoms with Crippen molar-refractivity contribution in [3.63, 3.8) is 0 Å². The zero-order valence-corrected chi connectivity index (χ0v) is 11.3. The summed E-state index contributed by atoms with van der Waals surface area (Å²) in [6.45, 7) is 0. The van der Waals surface area contributed by atoms with Crippen molar-refractivity contribution in [3.8, 4) is 0 Å². The van der Waals surface area contributed by atoms with Crippen LogP contribution in [0.2, 0.25) is 0 Å². The van der Waals surface area contributed by atoms with Gasteiger partial charge in [-0.3, -0.25) is 4.79 Å². The molecule has 0 aliphatic rings. The average molecular weight is 306 g/mol. The van der Waals surface area contributed by atoms with Crippen molar-refractivity contribution in [2.24, 2.45) is 5.14 Å². The molecule has 1 heterocycles. The molecule has 0 aliphatic carbocycles. The van der Waals surface area contributed by atoms with Crippen LogP contribution in [0.25, 0.3) is 10.2 Å². The number of thiazole rings is 1. The lowest BCUT2D eigenvalue weighted by Gasteiger charge is -1.95. The van der Waals surface area contributed by atoms with E-state index in [1.165, 1.54) is 18.2 Å². The number of rotatable bonds is 3. The molecule has 1 amide bonds. The monoisotopic (exact) mass is 305 g/mol. The van der Waals surface area contributed by atoms with Crippen molar-refractivity contribution in [1.82, 2.24) is 4.98 Å². The molecule has 1 aromatic heterocycles. The maximum absolute atomic E-state index is 11.2. The van der Waals surface area contributed by atoms with Crippen LogP contribution in [0.4, 0.5) is 5.13 Å². The molecule has 0 bridgehead atoms. The normalized spacial score (nSPS) is 11.7. The highest BCUT2D eigenvalue weighted by molar-refractivity contribution is 7.89. The standard InChI is InChI=1S/C9H8ClN3O3S2/c10-4-8(14)13-9-12-6-2-1-5(18(11,15)16)3-7(6)17-9/h1-3H,4H2,(H2,11,15,16)(H,12,13,14). The van der Waals surface area contributed by atoms with Crippen LogP contribution in [0.15, 0.2) is 23.1 Å². The van der Waals surface area contributed by atoms with Crippen LogP contribution < -0.4 is 10.5 Å². The molecule has 2 aromatic rings. The fourth-order valence-electron chi connectivity index (χ4n) is 1.29. The van der Waals surface area contributed by atoms with E-state index in [0.29, 0.717) is 15.3 Å². The number of sulfonamides is 1. The molecule has 1 aromatic carbocycles. The molecule has 0 spiro atoms. The molecule has 9 heteroatoms. The molecule has 0 aliphatic heterocycles. The van der Waals surface area contributed by atoms with Crippen molar-refractivity contribution in [3.05, 3.63) is 18.2 Å². The first-order chi connectivity index (χ1) is 8.40. The maximum Gasteiger partial charge on any atom is 0.241 e. The number of nitrogens with one attached hydrogen (secondary N) is 1.